The summed E-state index contributed by atoms with van der Waals surface area (Å²) >= 11 is 5.46. The van der Waals surface area contributed by atoms with Gasteiger partial charge < -0.3 is 23.8 Å². The fourth-order valence-corrected chi connectivity index (χ4v) is 1.34. The lowest BCUT2D eigenvalue weighted by atomic mass is 10.2. The molecule has 0 rings (SSSR count). The molecule has 0 spiro atoms. The normalized spacial score (nSPS) is 11.5. The molecule has 0 unspecified atom stereocenters. The molecule has 21 heavy (non-hydrogen) atoms. The first-order valence-corrected chi connectivity index (χ1v) is 7.63. The van der Waals surface area contributed by atoms with E-state index in [9.17, 15) is 4.79 Å². The largest absolute Gasteiger partial charge is 0.444 e. The van der Waals surface area contributed by atoms with Gasteiger partial charge in [-0.3, -0.25) is 0 Å². The topological polar surface area (TPSA) is 57.2 Å². The predicted octanol–water partition coefficient (Wildman–Crippen LogP) is 2.14. The van der Waals surface area contributed by atoms with Gasteiger partial charge in [0.1, 0.15) is 5.60 Å². The number of amides is 1. The lowest BCUT2D eigenvalue weighted by Crippen LogP contribution is -2.36. The van der Waals surface area contributed by atoms with Gasteiger partial charge in [0.25, 0.3) is 0 Å². The summed E-state index contributed by atoms with van der Waals surface area (Å²) in [5, 5.41) is 0. The molecule has 0 bridgehead atoms. The quantitative estimate of drug-likeness (QED) is 0.430. The van der Waals surface area contributed by atoms with Gasteiger partial charge in [-0.1, -0.05) is 0 Å². The molecule has 0 aliphatic carbocycles. The van der Waals surface area contributed by atoms with E-state index in [0.29, 0.717) is 52.1 Å². The van der Waals surface area contributed by atoms with Crippen LogP contribution in [0.4, 0.5) is 4.79 Å². The molecule has 0 saturated heterocycles. The van der Waals surface area contributed by atoms with Crippen LogP contribution >= 0.6 is 11.6 Å². The van der Waals surface area contributed by atoms with E-state index in [1.165, 1.54) is 4.90 Å². The number of nitrogens with zero attached hydrogens (tertiary/aromatic N) is 1. The van der Waals surface area contributed by atoms with E-state index in [4.69, 9.17) is 30.5 Å². The van der Waals surface area contributed by atoms with E-state index in [2.05, 4.69) is 0 Å². The van der Waals surface area contributed by atoms with Crippen LogP contribution in [0.2, 0.25) is 0 Å². The van der Waals surface area contributed by atoms with Crippen LogP contribution in [0.25, 0.3) is 0 Å². The highest BCUT2D eigenvalue weighted by molar-refractivity contribution is 6.17. The van der Waals surface area contributed by atoms with Crippen molar-refractivity contribution in [2.45, 2.75) is 26.4 Å². The second kappa shape index (κ2) is 12.0. The van der Waals surface area contributed by atoms with Gasteiger partial charge in [0.05, 0.1) is 39.6 Å². The molecule has 126 valence electrons. The van der Waals surface area contributed by atoms with Crippen molar-refractivity contribution in [2.24, 2.45) is 0 Å². The summed E-state index contributed by atoms with van der Waals surface area (Å²) in [6.45, 7) is 9.02. The fourth-order valence-electron chi connectivity index (χ4n) is 1.23. The minimum absolute atomic E-state index is 0.348. The summed E-state index contributed by atoms with van der Waals surface area (Å²) in [4.78, 5) is 13.1. The van der Waals surface area contributed by atoms with E-state index in [1.807, 2.05) is 20.8 Å². The van der Waals surface area contributed by atoms with Crippen LogP contribution in [0.5, 0.6) is 0 Å². The molecule has 0 fully saturated rings. The Morgan fingerprint density at radius 3 is 1.90 bits per heavy atom. The van der Waals surface area contributed by atoms with Crippen molar-refractivity contribution >= 4 is 17.7 Å². The maximum Gasteiger partial charge on any atom is 0.410 e. The molecular formula is C14H28ClNO5. The van der Waals surface area contributed by atoms with Crippen LogP contribution in [-0.2, 0) is 18.9 Å². The molecule has 0 aromatic rings. The summed E-state index contributed by atoms with van der Waals surface area (Å²) in [7, 11) is 1.68. The number of ether oxygens (including phenoxy) is 4. The SMILES string of the molecule is CN(CCOCCOCCOCCCl)C(=O)OC(C)(C)C. The summed E-state index contributed by atoms with van der Waals surface area (Å²) in [5.41, 5.74) is -0.481. The lowest BCUT2D eigenvalue weighted by Gasteiger charge is -2.24. The molecule has 6 nitrogen and oxygen atoms in total. The zero-order chi connectivity index (χ0) is 16.1. The second-order valence-corrected chi connectivity index (χ2v) is 5.81. The molecule has 0 heterocycles. The molecule has 0 atom stereocenters. The van der Waals surface area contributed by atoms with Gasteiger partial charge in [0.15, 0.2) is 0 Å². The molecule has 0 saturated carbocycles. The third kappa shape index (κ3) is 14.2. The highest BCUT2D eigenvalue weighted by atomic mass is 35.5. The van der Waals surface area contributed by atoms with Crippen molar-refractivity contribution < 1.29 is 23.7 Å². The Kier molecular flexibility index (Phi) is 11.7. The molecule has 7 heteroatoms. The summed E-state index contributed by atoms with van der Waals surface area (Å²) < 4.78 is 21.1. The number of carbonyl (C=O) groups excluding carboxylic acids is 1. The minimum Gasteiger partial charge on any atom is -0.444 e. The summed E-state index contributed by atoms with van der Waals surface area (Å²) in [6.07, 6.45) is -0.348. The second-order valence-electron chi connectivity index (χ2n) is 5.43. The number of rotatable bonds is 11. The first kappa shape index (κ1) is 20.4. The third-order valence-electron chi connectivity index (χ3n) is 2.24. The molecule has 0 N–H and O–H groups in total. The van der Waals surface area contributed by atoms with E-state index in [1.54, 1.807) is 7.05 Å². The average Bonchev–Trinajstić information content (AvgIpc) is 2.38. The molecule has 1 amide bonds. The number of carbonyl (C=O) groups is 1. The van der Waals surface area contributed by atoms with Crippen molar-refractivity contribution in [3.63, 3.8) is 0 Å². The Bertz CT molecular complexity index is 271. The predicted molar refractivity (Wildman–Crippen MR) is 82.0 cm³/mol. The minimum atomic E-state index is -0.481. The first-order chi connectivity index (χ1) is 9.87. The van der Waals surface area contributed by atoms with Crippen LogP contribution in [-0.4, -0.2) is 75.7 Å². The fraction of sp³-hybridized carbons (Fsp3) is 0.929. The number of hydrogen-bond acceptors (Lipinski definition) is 5. The van der Waals surface area contributed by atoms with E-state index >= 15 is 0 Å². The molecular weight excluding hydrogens is 298 g/mol. The van der Waals surface area contributed by atoms with Crippen molar-refractivity contribution in [1.29, 1.82) is 0 Å². The summed E-state index contributed by atoms with van der Waals surface area (Å²) in [6, 6.07) is 0. The smallest absolute Gasteiger partial charge is 0.410 e. The van der Waals surface area contributed by atoms with Gasteiger partial charge in [-0.25, -0.2) is 4.79 Å². The average molecular weight is 326 g/mol. The number of hydrogen-bond donors (Lipinski definition) is 0. The Hall–Kier alpha value is -0.560. The van der Waals surface area contributed by atoms with Gasteiger partial charge in [0.2, 0.25) is 0 Å². The zero-order valence-corrected chi connectivity index (χ0v) is 14.3. The molecule has 0 aromatic carbocycles. The summed E-state index contributed by atoms with van der Waals surface area (Å²) in [5.74, 6) is 0.494. The van der Waals surface area contributed by atoms with Crippen LogP contribution in [0.1, 0.15) is 20.8 Å². The van der Waals surface area contributed by atoms with Gasteiger partial charge in [-0.15, -0.1) is 11.6 Å². The zero-order valence-electron chi connectivity index (χ0n) is 13.5. The number of halogens is 1. The van der Waals surface area contributed by atoms with Crippen molar-refractivity contribution in [3.05, 3.63) is 0 Å². The first-order valence-electron chi connectivity index (χ1n) is 7.10. The Morgan fingerprint density at radius 1 is 0.952 bits per heavy atom. The van der Waals surface area contributed by atoms with Gasteiger partial charge in [-0.05, 0) is 20.8 Å². The number of likely N-dealkylation sites (N-methyl/N-ethyl adjacent to an activating group) is 1. The highest BCUT2D eigenvalue weighted by Crippen LogP contribution is 2.08. The standard InChI is InChI=1S/C14H28ClNO5/c1-14(2,3)21-13(17)16(4)6-8-19-10-12-20-11-9-18-7-5-15/h5-12H2,1-4H3. The molecule has 0 aliphatic heterocycles. The Morgan fingerprint density at radius 2 is 1.43 bits per heavy atom. The highest BCUT2D eigenvalue weighted by Gasteiger charge is 2.19. The van der Waals surface area contributed by atoms with E-state index < -0.39 is 5.60 Å². The van der Waals surface area contributed by atoms with Crippen molar-refractivity contribution in [2.75, 3.05) is 59.1 Å². The monoisotopic (exact) mass is 325 g/mol. The van der Waals surface area contributed by atoms with Gasteiger partial charge in [0, 0.05) is 19.5 Å². The lowest BCUT2D eigenvalue weighted by molar-refractivity contribution is 0.00622. The number of alkyl halides is 1. The van der Waals surface area contributed by atoms with E-state index in [0.717, 1.165) is 0 Å². The van der Waals surface area contributed by atoms with E-state index in [-0.39, 0.29) is 6.09 Å². The third-order valence-corrected chi connectivity index (χ3v) is 2.40. The van der Waals surface area contributed by atoms with Crippen molar-refractivity contribution in [3.8, 4) is 0 Å². The van der Waals surface area contributed by atoms with Crippen LogP contribution in [0, 0.1) is 0 Å². The van der Waals surface area contributed by atoms with Crippen molar-refractivity contribution in [1.82, 2.24) is 4.90 Å². The maximum absolute atomic E-state index is 11.7. The molecule has 0 aromatic heterocycles. The molecule has 0 aliphatic rings. The van der Waals surface area contributed by atoms with Crippen LogP contribution in [0.15, 0.2) is 0 Å². The van der Waals surface area contributed by atoms with Crippen LogP contribution < -0.4 is 0 Å². The maximum atomic E-state index is 11.7. The Balaban J connectivity index is 3.40. The molecule has 0 radical (unpaired) electrons. The van der Waals surface area contributed by atoms with Gasteiger partial charge >= 0.3 is 6.09 Å². The Labute approximate surface area is 132 Å². The van der Waals surface area contributed by atoms with Gasteiger partial charge in [-0.2, -0.15) is 0 Å². The van der Waals surface area contributed by atoms with Crippen LogP contribution in [0.3, 0.4) is 0 Å².